The van der Waals surface area contributed by atoms with Gasteiger partial charge >= 0.3 is 11.9 Å². The Morgan fingerprint density at radius 2 is 1.35 bits per heavy atom. The molecule has 3 aromatic rings. The lowest BCUT2D eigenvalue weighted by Gasteiger charge is -2.53. The fourth-order valence-corrected chi connectivity index (χ4v) is 17.0. The molecule has 4 aliphatic heterocycles. The average molecular weight is 790 g/mol. The molecule has 300 valence electrons. The summed E-state index contributed by atoms with van der Waals surface area (Å²) in [6, 6.07) is 33.6. The number of rotatable bonds is 16. The number of esters is 2. The Hall–Kier alpha value is -3.35. The minimum Gasteiger partial charge on any atom is -0.458 e. The van der Waals surface area contributed by atoms with E-state index in [0.29, 0.717) is 19.4 Å². The molecule has 0 unspecified atom stereocenters. The van der Waals surface area contributed by atoms with Crippen LogP contribution in [0.3, 0.4) is 0 Å². The Morgan fingerprint density at radius 3 is 1.95 bits per heavy atom. The molecule has 5 fully saturated rings. The van der Waals surface area contributed by atoms with Crippen molar-refractivity contribution in [3.05, 3.63) is 102 Å². The van der Waals surface area contributed by atoms with Crippen LogP contribution in [-0.4, -0.2) is 65.9 Å². The molecule has 7 nitrogen and oxygen atoms in total. The number of hydrogen-bond donors (Lipinski definition) is 0. The van der Waals surface area contributed by atoms with Crippen molar-refractivity contribution in [1.82, 2.24) is 0 Å². The number of benzene rings is 3. The van der Waals surface area contributed by atoms with Crippen molar-refractivity contribution in [1.29, 1.82) is 0 Å². The van der Waals surface area contributed by atoms with Crippen LogP contribution in [0.1, 0.15) is 97.8 Å². The SMILES string of the molecule is CC(C)[C@]12O[C@H]1[C@@H]1O[C@]13[C@]1(O[C@H]1C[C@H]1C4=C(CC[C@@]13C)C(=O)OC4)[C@@H]2OC(=O)CCCCCCCCCC[P+](c1ccccc1)(c1ccccc1)c1ccccc1. The highest BCUT2D eigenvalue weighted by Gasteiger charge is 3.01. The average Bonchev–Trinajstić information content (AvgIpc) is 4.17. The second-order valence-corrected chi connectivity index (χ2v) is 22.1. The van der Waals surface area contributed by atoms with Crippen molar-refractivity contribution in [3.8, 4) is 0 Å². The first-order valence-corrected chi connectivity index (χ1v) is 23.9. The van der Waals surface area contributed by atoms with Crippen molar-refractivity contribution in [2.24, 2.45) is 17.3 Å². The molecule has 0 aromatic heterocycles. The van der Waals surface area contributed by atoms with E-state index in [-0.39, 0.29) is 47.5 Å². The Bertz CT molecular complexity index is 1940. The molecule has 3 aromatic carbocycles. The summed E-state index contributed by atoms with van der Waals surface area (Å²) < 4.78 is 32.4. The molecule has 3 saturated heterocycles. The number of hydrogen-bond acceptors (Lipinski definition) is 7. The van der Waals surface area contributed by atoms with Gasteiger partial charge < -0.3 is 23.7 Å². The van der Waals surface area contributed by atoms with Crippen molar-refractivity contribution >= 4 is 35.1 Å². The normalized spacial score (nSPS) is 35.2. The van der Waals surface area contributed by atoms with Crippen LogP contribution in [0.15, 0.2) is 102 Å². The largest absolute Gasteiger partial charge is 0.458 e. The first-order valence-electron chi connectivity index (χ1n) is 21.9. The van der Waals surface area contributed by atoms with Crippen LogP contribution >= 0.6 is 7.26 Å². The van der Waals surface area contributed by atoms with Gasteiger partial charge in [-0.2, -0.15) is 0 Å². The summed E-state index contributed by atoms with van der Waals surface area (Å²) in [6.45, 7) is 7.04. The number of unbranched alkanes of at least 4 members (excludes halogenated alkanes) is 7. The Balaban J connectivity index is 0.724. The number of carbonyl (C=O) groups is 2. The molecule has 2 saturated carbocycles. The van der Waals surface area contributed by atoms with Gasteiger partial charge in [0.1, 0.15) is 53.2 Å². The van der Waals surface area contributed by atoms with Gasteiger partial charge in [0.2, 0.25) is 0 Å². The minimum absolute atomic E-state index is 0.0754. The minimum atomic E-state index is -1.77. The molecular formula is C49H58O7P+. The summed E-state index contributed by atoms with van der Waals surface area (Å²) in [4.78, 5) is 26.2. The second kappa shape index (κ2) is 14.1. The number of cyclic esters (lactones) is 1. The summed E-state index contributed by atoms with van der Waals surface area (Å²) >= 11 is 0. The summed E-state index contributed by atoms with van der Waals surface area (Å²) in [5.41, 5.74) is -0.0724. The topological polar surface area (TPSA) is 90.2 Å². The zero-order chi connectivity index (χ0) is 39.0. The molecule has 2 spiro atoms. The van der Waals surface area contributed by atoms with Crippen molar-refractivity contribution in [3.63, 3.8) is 0 Å². The molecule has 8 heteroatoms. The van der Waals surface area contributed by atoms with E-state index in [1.165, 1.54) is 54.2 Å². The van der Waals surface area contributed by atoms with E-state index < -0.39 is 30.2 Å². The molecule has 0 amide bonds. The van der Waals surface area contributed by atoms with Gasteiger partial charge in [-0.3, -0.25) is 4.79 Å². The lowest BCUT2D eigenvalue weighted by molar-refractivity contribution is -0.169. The molecule has 0 bridgehead atoms. The molecule has 57 heavy (non-hydrogen) atoms. The summed E-state index contributed by atoms with van der Waals surface area (Å²) in [5, 5.41) is 4.38. The predicted molar refractivity (Wildman–Crippen MR) is 223 cm³/mol. The number of epoxide rings is 3. The standard InChI is InChI=1S/C49H58O7P/c1-33(2)47-42(55-47)43-49(56-43)46(3)29-28-37-38(32-52-44(37)51)39(46)31-40-48(49,54-40)45(47)53-41(50)27-19-8-6-4-5-7-9-20-30-57(34-21-13-10-14-22-34,35-23-15-11-16-24-35)36-25-17-12-18-26-36/h10-18,21-26,33,39-40,42-43,45H,4-9,19-20,27-32H2,1-3H3/q+1/t39-,40-,42-,43-,45+,46-,47-,48+,49+/m0/s1. The highest BCUT2D eigenvalue weighted by molar-refractivity contribution is 7.95. The molecule has 0 N–H and O–H groups in total. The van der Waals surface area contributed by atoms with Gasteiger partial charge in [-0.25, -0.2) is 4.79 Å². The van der Waals surface area contributed by atoms with E-state index in [1.807, 2.05) is 0 Å². The first kappa shape index (κ1) is 37.9. The second-order valence-electron chi connectivity index (χ2n) is 18.5. The van der Waals surface area contributed by atoms with E-state index in [9.17, 15) is 9.59 Å². The van der Waals surface area contributed by atoms with E-state index in [4.69, 9.17) is 23.7 Å². The van der Waals surface area contributed by atoms with Crippen LogP contribution in [0.5, 0.6) is 0 Å². The molecule has 0 radical (unpaired) electrons. The number of carbonyl (C=O) groups excluding carboxylic acids is 2. The van der Waals surface area contributed by atoms with Crippen molar-refractivity contribution in [2.75, 3.05) is 12.8 Å². The van der Waals surface area contributed by atoms with Gasteiger partial charge in [0.05, 0.1) is 12.3 Å². The third-order valence-corrected chi connectivity index (χ3v) is 20.1. The number of ether oxygens (including phenoxy) is 5. The van der Waals surface area contributed by atoms with Crippen LogP contribution in [0.4, 0.5) is 0 Å². The Morgan fingerprint density at radius 1 is 0.772 bits per heavy atom. The van der Waals surface area contributed by atoms with Gasteiger partial charge in [-0.05, 0) is 92.3 Å². The lowest BCUT2D eigenvalue weighted by Crippen LogP contribution is -2.70. The van der Waals surface area contributed by atoms with E-state index in [0.717, 1.165) is 43.3 Å². The predicted octanol–water partition coefficient (Wildman–Crippen LogP) is 8.16. The lowest BCUT2D eigenvalue weighted by atomic mass is 9.46. The van der Waals surface area contributed by atoms with Gasteiger partial charge in [0.25, 0.3) is 0 Å². The number of fused-ring (bicyclic) bond motifs is 4. The van der Waals surface area contributed by atoms with Crippen LogP contribution in [0.25, 0.3) is 0 Å². The zero-order valence-electron chi connectivity index (χ0n) is 33.8. The fourth-order valence-electron chi connectivity index (χ4n) is 12.6. The smallest absolute Gasteiger partial charge is 0.334 e. The summed E-state index contributed by atoms with van der Waals surface area (Å²) in [7, 11) is -1.77. The third-order valence-electron chi connectivity index (χ3n) is 15.5. The summed E-state index contributed by atoms with van der Waals surface area (Å²) in [5.74, 6) is 0.0101. The highest BCUT2D eigenvalue weighted by atomic mass is 31.2. The molecule has 3 aliphatic carbocycles. The van der Waals surface area contributed by atoms with Gasteiger partial charge in [0.15, 0.2) is 11.7 Å². The zero-order valence-corrected chi connectivity index (χ0v) is 34.7. The van der Waals surface area contributed by atoms with Crippen LogP contribution in [0.2, 0.25) is 0 Å². The Kier molecular flexibility index (Phi) is 9.40. The maximum absolute atomic E-state index is 13.7. The quantitative estimate of drug-likeness (QED) is 0.0627. The maximum Gasteiger partial charge on any atom is 0.334 e. The van der Waals surface area contributed by atoms with E-state index in [1.54, 1.807) is 0 Å². The summed E-state index contributed by atoms with van der Waals surface area (Å²) in [6.07, 6.45) is 12.2. The van der Waals surface area contributed by atoms with Gasteiger partial charge in [-0.1, -0.05) is 107 Å². The molecule has 9 atom stereocenters. The fraction of sp³-hybridized carbons (Fsp3) is 0.551. The molecule has 4 heterocycles. The monoisotopic (exact) mass is 789 g/mol. The van der Waals surface area contributed by atoms with E-state index in [2.05, 4.69) is 112 Å². The molecule has 7 aliphatic rings. The van der Waals surface area contributed by atoms with Gasteiger partial charge in [-0.15, -0.1) is 0 Å². The van der Waals surface area contributed by atoms with Crippen LogP contribution in [0, 0.1) is 17.3 Å². The van der Waals surface area contributed by atoms with Crippen molar-refractivity contribution < 1.29 is 33.3 Å². The van der Waals surface area contributed by atoms with Crippen molar-refractivity contribution in [2.45, 2.75) is 139 Å². The third kappa shape index (κ3) is 5.50. The van der Waals surface area contributed by atoms with E-state index >= 15 is 0 Å². The first-order chi connectivity index (χ1) is 27.7. The van der Waals surface area contributed by atoms with Crippen LogP contribution in [-0.2, 0) is 33.3 Å². The molecular weight excluding hydrogens is 732 g/mol. The molecule has 10 rings (SSSR count). The van der Waals surface area contributed by atoms with Crippen LogP contribution < -0.4 is 15.9 Å². The van der Waals surface area contributed by atoms with Gasteiger partial charge in [0, 0.05) is 17.4 Å². The Labute approximate surface area is 338 Å². The maximum atomic E-state index is 13.7. The highest BCUT2D eigenvalue weighted by Crippen LogP contribution is 2.83.